The van der Waals surface area contributed by atoms with E-state index in [1.54, 1.807) is 13.3 Å². The van der Waals surface area contributed by atoms with Crippen LogP contribution in [0.3, 0.4) is 0 Å². The number of rotatable bonds is 6. The van der Waals surface area contributed by atoms with Gasteiger partial charge in [0.2, 0.25) is 0 Å². The Bertz CT molecular complexity index is 446. The second kappa shape index (κ2) is 6.94. The van der Waals surface area contributed by atoms with E-state index in [0.717, 1.165) is 5.56 Å². The lowest BCUT2D eigenvalue weighted by Gasteiger charge is -2.29. The standard InChI is InChI=1S/C13H22N4O2/c1-9(2)17(7-8-19-4)13-11(12(14)16-18)10(3)5-6-15-13/h5-6,9,18H,7-8H2,1-4H3,(H2,14,16). The van der Waals surface area contributed by atoms with Gasteiger partial charge in [-0.05, 0) is 32.4 Å². The van der Waals surface area contributed by atoms with Crippen molar-refractivity contribution in [3.05, 3.63) is 23.4 Å². The molecule has 0 aromatic carbocycles. The van der Waals surface area contributed by atoms with Crippen LogP contribution in [0.1, 0.15) is 25.0 Å². The summed E-state index contributed by atoms with van der Waals surface area (Å²) in [4.78, 5) is 6.45. The molecule has 106 valence electrons. The number of pyridine rings is 1. The third kappa shape index (κ3) is 3.57. The summed E-state index contributed by atoms with van der Waals surface area (Å²) in [6, 6.07) is 2.07. The zero-order valence-corrected chi connectivity index (χ0v) is 11.9. The largest absolute Gasteiger partial charge is 0.409 e. The minimum atomic E-state index is 0.0728. The van der Waals surface area contributed by atoms with Gasteiger partial charge >= 0.3 is 0 Å². The van der Waals surface area contributed by atoms with Crippen LogP contribution in [0.4, 0.5) is 5.82 Å². The van der Waals surface area contributed by atoms with Gasteiger partial charge in [0.1, 0.15) is 5.82 Å². The molecule has 0 aliphatic rings. The molecule has 1 aromatic heterocycles. The summed E-state index contributed by atoms with van der Waals surface area (Å²) in [6.07, 6.45) is 1.72. The van der Waals surface area contributed by atoms with Crippen molar-refractivity contribution in [1.82, 2.24) is 4.98 Å². The van der Waals surface area contributed by atoms with Gasteiger partial charge in [-0.1, -0.05) is 5.16 Å². The fourth-order valence-electron chi connectivity index (χ4n) is 1.93. The number of nitrogens with zero attached hydrogens (tertiary/aromatic N) is 3. The molecule has 0 saturated heterocycles. The van der Waals surface area contributed by atoms with Crippen molar-refractivity contribution in [2.45, 2.75) is 26.8 Å². The number of amidine groups is 1. The van der Waals surface area contributed by atoms with E-state index in [1.165, 1.54) is 0 Å². The lowest BCUT2D eigenvalue weighted by Crippen LogP contribution is -2.36. The van der Waals surface area contributed by atoms with E-state index in [0.29, 0.717) is 24.5 Å². The lowest BCUT2D eigenvalue weighted by molar-refractivity contribution is 0.203. The maximum absolute atomic E-state index is 8.93. The van der Waals surface area contributed by atoms with Gasteiger partial charge in [-0.3, -0.25) is 0 Å². The molecule has 0 atom stereocenters. The smallest absolute Gasteiger partial charge is 0.174 e. The molecule has 0 amide bonds. The van der Waals surface area contributed by atoms with E-state index < -0.39 is 0 Å². The SMILES string of the molecule is COCCN(c1nccc(C)c1/C(N)=N/O)C(C)C. The zero-order chi connectivity index (χ0) is 14.4. The number of aromatic nitrogens is 1. The van der Waals surface area contributed by atoms with Gasteiger partial charge in [0.15, 0.2) is 5.84 Å². The van der Waals surface area contributed by atoms with E-state index in [2.05, 4.69) is 28.9 Å². The molecule has 0 unspecified atom stereocenters. The lowest BCUT2D eigenvalue weighted by atomic mass is 10.1. The molecule has 0 aliphatic carbocycles. The Labute approximate surface area is 113 Å². The molecule has 1 heterocycles. The van der Waals surface area contributed by atoms with Gasteiger partial charge in [-0.2, -0.15) is 0 Å². The summed E-state index contributed by atoms with van der Waals surface area (Å²) in [7, 11) is 1.66. The predicted octanol–water partition coefficient (Wildman–Crippen LogP) is 1.35. The maximum Gasteiger partial charge on any atom is 0.174 e. The Balaban J connectivity index is 3.26. The van der Waals surface area contributed by atoms with E-state index >= 15 is 0 Å². The van der Waals surface area contributed by atoms with Crippen molar-refractivity contribution in [3.63, 3.8) is 0 Å². The summed E-state index contributed by atoms with van der Waals surface area (Å²) in [5.74, 6) is 0.783. The Hall–Kier alpha value is -1.82. The maximum atomic E-state index is 8.93. The number of aryl methyl sites for hydroxylation is 1. The first kappa shape index (κ1) is 15.2. The third-order valence-electron chi connectivity index (χ3n) is 2.93. The number of anilines is 1. The second-order valence-electron chi connectivity index (χ2n) is 4.59. The van der Waals surface area contributed by atoms with Crippen LogP contribution in [-0.2, 0) is 4.74 Å². The van der Waals surface area contributed by atoms with Gasteiger partial charge in [-0.15, -0.1) is 0 Å². The zero-order valence-electron chi connectivity index (χ0n) is 11.9. The van der Waals surface area contributed by atoms with Gasteiger partial charge in [0.05, 0.1) is 12.2 Å². The second-order valence-corrected chi connectivity index (χ2v) is 4.59. The fourth-order valence-corrected chi connectivity index (χ4v) is 1.93. The van der Waals surface area contributed by atoms with Crippen LogP contribution in [-0.4, -0.2) is 42.3 Å². The van der Waals surface area contributed by atoms with Crippen LogP contribution in [0, 0.1) is 6.92 Å². The molecule has 6 nitrogen and oxygen atoms in total. The predicted molar refractivity (Wildman–Crippen MR) is 75.8 cm³/mol. The van der Waals surface area contributed by atoms with Gasteiger partial charge in [0, 0.05) is 25.9 Å². The molecule has 1 aromatic rings. The van der Waals surface area contributed by atoms with Crippen LogP contribution >= 0.6 is 0 Å². The Morgan fingerprint density at radius 2 is 2.26 bits per heavy atom. The Kier molecular flexibility index (Phi) is 5.57. The molecule has 0 fully saturated rings. The van der Waals surface area contributed by atoms with E-state index in [1.807, 2.05) is 13.0 Å². The van der Waals surface area contributed by atoms with Crippen molar-refractivity contribution in [3.8, 4) is 0 Å². The van der Waals surface area contributed by atoms with Crippen molar-refractivity contribution in [1.29, 1.82) is 0 Å². The minimum Gasteiger partial charge on any atom is -0.409 e. The first-order valence-corrected chi connectivity index (χ1v) is 6.22. The molecular weight excluding hydrogens is 244 g/mol. The quantitative estimate of drug-likeness (QED) is 0.351. The molecule has 19 heavy (non-hydrogen) atoms. The highest BCUT2D eigenvalue weighted by molar-refractivity contribution is 6.02. The number of hydrogen-bond donors (Lipinski definition) is 2. The van der Waals surface area contributed by atoms with Crippen LogP contribution in [0.5, 0.6) is 0 Å². The highest BCUT2D eigenvalue weighted by atomic mass is 16.5. The molecule has 6 heteroatoms. The topological polar surface area (TPSA) is 84.0 Å². The Morgan fingerprint density at radius 3 is 2.79 bits per heavy atom. The van der Waals surface area contributed by atoms with Gasteiger partial charge in [-0.25, -0.2) is 4.98 Å². The number of hydrogen-bond acceptors (Lipinski definition) is 5. The normalized spacial score (nSPS) is 11.9. The Morgan fingerprint density at radius 1 is 1.58 bits per heavy atom. The van der Waals surface area contributed by atoms with Crippen LogP contribution in [0.15, 0.2) is 17.4 Å². The summed E-state index contributed by atoms with van der Waals surface area (Å²) < 4.78 is 5.12. The highest BCUT2D eigenvalue weighted by Crippen LogP contribution is 2.22. The molecule has 1 rings (SSSR count). The first-order chi connectivity index (χ1) is 9.02. The van der Waals surface area contributed by atoms with Crippen molar-refractivity contribution >= 4 is 11.7 Å². The molecule has 0 bridgehead atoms. The van der Waals surface area contributed by atoms with Crippen LogP contribution in [0.2, 0.25) is 0 Å². The van der Waals surface area contributed by atoms with E-state index in [9.17, 15) is 0 Å². The number of ether oxygens (including phenoxy) is 1. The summed E-state index contributed by atoms with van der Waals surface area (Å²) in [5.41, 5.74) is 7.35. The average molecular weight is 266 g/mol. The van der Waals surface area contributed by atoms with Crippen LogP contribution in [0.25, 0.3) is 0 Å². The third-order valence-corrected chi connectivity index (χ3v) is 2.93. The summed E-state index contributed by atoms with van der Waals surface area (Å²) >= 11 is 0. The molecule has 3 N–H and O–H groups in total. The number of oxime groups is 1. The summed E-state index contributed by atoms with van der Waals surface area (Å²) in [5, 5.41) is 12.0. The fraction of sp³-hybridized carbons (Fsp3) is 0.538. The van der Waals surface area contributed by atoms with E-state index in [-0.39, 0.29) is 11.9 Å². The molecule has 0 spiro atoms. The molecule has 0 radical (unpaired) electrons. The molecular formula is C13H22N4O2. The van der Waals surface area contributed by atoms with Crippen molar-refractivity contribution < 1.29 is 9.94 Å². The summed E-state index contributed by atoms with van der Waals surface area (Å²) in [6.45, 7) is 7.32. The number of methoxy groups -OCH3 is 1. The van der Waals surface area contributed by atoms with Gasteiger partial charge < -0.3 is 20.6 Å². The van der Waals surface area contributed by atoms with Crippen LogP contribution < -0.4 is 10.6 Å². The molecule has 0 saturated carbocycles. The highest BCUT2D eigenvalue weighted by Gasteiger charge is 2.19. The van der Waals surface area contributed by atoms with Crippen molar-refractivity contribution in [2.75, 3.05) is 25.2 Å². The monoisotopic (exact) mass is 266 g/mol. The van der Waals surface area contributed by atoms with E-state index in [4.69, 9.17) is 15.7 Å². The minimum absolute atomic E-state index is 0.0728. The molecule has 0 aliphatic heterocycles. The average Bonchev–Trinajstić information content (AvgIpc) is 2.38. The van der Waals surface area contributed by atoms with Crippen molar-refractivity contribution in [2.24, 2.45) is 10.9 Å². The first-order valence-electron chi connectivity index (χ1n) is 6.22. The number of nitrogens with two attached hydrogens (primary N) is 1. The van der Waals surface area contributed by atoms with Gasteiger partial charge in [0.25, 0.3) is 0 Å².